The zero-order valence-electron chi connectivity index (χ0n) is 12.9. The van der Waals surface area contributed by atoms with Gasteiger partial charge >= 0.3 is 0 Å². The average Bonchev–Trinajstić information content (AvgIpc) is 2.89. The third kappa shape index (κ3) is 3.22. The van der Waals surface area contributed by atoms with Gasteiger partial charge in [0.2, 0.25) is 5.95 Å². The van der Waals surface area contributed by atoms with Crippen molar-refractivity contribution in [3.05, 3.63) is 47.8 Å². The molecule has 0 unspecified atom stereocenters. The molecular weight excluding hydrogens is 260 g/mol. The summed E-state index contributed by atoms with van der Waals surface area (Å²) in [6.07, 6.45) is 4.90. The fraction of sp³-hybridized carbons (Fsp3) is 0.412. The molecule has 3 rings (SSSR count). The van der Waals surface area contributed by atoms with Crippen molar-refractivity contribution >= 4 is 11.6 Å². The standard InChI is InChI=1S/C17H22N4/c1-17(2,3)20-12-13-10-18-16(19-11-13)21-9-8-14-6-4-5-7-15(14)21/h4-7,10-11,20H,8-9,12H2,1-3H3. The quantitative estimate of drug-likeness (QED) is 0.939. The lowest BCUT2D eigenvalue weighted by molar-refractivity contribution is 0.423. The van der Waals surface area contributed by atoms with Gasteiger partial charge in [0.15, 0.2) is 0 Å². The Balaban J connectivity index is 1.74. The molecule has 0 saturated carbocycles. The van der Waals surface area contributed by atoms with Gasteiger partial charge in [-0.25, -0.2) is 9.97 Å². The lowest BCUT2D eigenvalue weighted by Gasteiger charge is -2.21. The van der Waals surface area contributed by atoms with E-state index in [2.05, 4.69) is 65.2 Å². The number of para-hydroxylation sites is 1. The van der Waals surface area contributed by atoms with E-state index in [0.29, 0.717) is 0 Å². The molecule has 0 radical (unpaired) electrons. The van der Waals surface area contributed by atoms with Gasteiger partial charge in [0.1, 0.15) is 0 Å². The minimum absolute atomic E-state index is 0.104. The number of hydrogen-bond donors (Lipinski definition) is 1. The molecule has 0 amide bonds. The molecule has 1 N–H and O–H groups in total. The molecule has 0 spiro atoms. The van der Waals surface area contributed by atoms with Crippen LogP contribution in [0.25, 0.3) is 0 Å². The van der Waals surface area contributed by atoms with Gasteiger partial charge in [-0.05, 0) is 38.8 Å². The van der Waals surface area contributed by atoms with E-state index in [1.807, 2.05) is 12.4 Å². The van der Waals surface area contributed by atoms with E-state index in [9.17, 15) is 0 Å². The minimum Gasteiger partial charge on any atom is -0.310 e. The van der Waals surface area contributed by atoms with Crippen LogP contribution in [0.5, 0.6) is 0 Å². The van der Waals surface area contributed by atoms with Gasteiger partial charge in [0.25, 0.3) is 0 Å². The van der Waals surface area contributed by atoms with Gasteiger partial charge in [-0.15, -0.1) is 0 Å². The van der Waals surface area contributed by atoms with E-state index in [4.69, 9.17) is 0 Å². The molecule has 2 aromatic rings. The van der Waals surface area contributed by atoms with Gasteiger partial charge in [0, 0.05) is 42.3 Å². The maximum Gasteiger partial charge on any atom is 0.229 e. The molecule has 1 aromatic carbocycles. The number of anilines is 2. The number of aromatic nitrogens is 2. The predicted molar refractivity (Wildman–Crippen MR) is 85.8 cm³/mol. The number of rotatable bonds is 3. The topological polar surface area (TPSA) is 41.1 Å². The van der Waals surface area contributed by atoms with E-state index in [1.165, 1.54) is 11.3 Å². The first-order valence-electron chi connectivity index (χ1n) is 7.44. The van der Waals surface area contributed by atoms with Crippen molar-refractivity contribution < 1.29 is 0 Å². The van der Waals surface area contributed by atoms with Crippen molar-refractivity contribution in [1.82, 2.24) is 15.3 Å². The highest BCUT2D eigenvalue weighted by Gasteiger charge is 2.21. The van der Waals surface area contributed by atoms with Crippen molar-refractivity contribution in [1.29, 1.82) is 0 Å². The molecule has 0 atom stereocenters. The summed E-state index contributed by atoms with van der Waals surface area (Å²) in [5.74, 6) is 0.791. The number of nitrogens with one attached hydrogen (secondary N) is 1. The van der Waals surface area contributed by atoms with E-state index in [1.54, 1.807) is 0 Å². The Kier molecular flexibility index (Phi) is 3.64. The molecule has 4 heteroatoms. The largest absolute Gasteiger partial charge is 0.310 e. The minimum atomic E-state index is 0.104. The lowest BCUT2D eigenvalue weighted by atomic mass is 10.1. The Morgan fingerprint density at radius 3 is 2.57 bits per heavy atom. The summed E-state index contributed by atoms with van der Waals surface area (Å²) >= 11 is 0. The summed E-state index contributed by atoms with van der Waals surface area (Å²) in [4.78, 5) is 11.3. The second-order valence-corrected chi connectivity index (χ2v) is 6.53. The molecule has 0 fully saturated rings. The maximum absolute atomic E-state index is 4.54. The van der Waals surface area contributed by atoms with Crippen molar-refractivity contribution in [3.8, 4) is 0 Å². The van der Waals surface area contributed by atoms with Crippen molar-refractivity contribution in [2.24, 2.45) is 0 Å². The molecule has 4 nitrogen and oxygen atoms in total. The molecule has 1 aliphatic heterocycles. The fourth-order valence-corrected chi connectivity index (χ4v) is 2.49. The van der Waals surface area contributed by atoms with E-state index < -0.39 is 0 Å². The Morgan fingerprint density at radius 2 is 1.86 bits per heavy atom. The fourth-order valence-electron chi connectivity index (χ4n) is 2.49. The van der Waals surface area contributed by atoms with Crippen LogP contribution in [-0.2, 0) is 13.0 Å². The Morgan fingerprint density at radius 1 is 1.14 bits per heavy atom. The first kappa shape index (κ1) is 14.0. The zero-order valence-corrected chi connectivity index (χ0v) is 12.9. The second kappa shape index (κ2) is 5.45. The summed E-state index contributed by atoms with van der Waals surface area (Å²) in [6.45, 7) is 8.22. The van der Waals surface area contributed by atoms with Crippen LogP contribution < -0.4 is 10.2 Å². The van der Waals surface area contributed by atoms with E-state index in [0.717, 1.165) is 31.0 Å². The van der Waals surface area contributed by atoms with E-state index >= 15 is 0 Å². The summed E-state index contributed by atoms with van der Waals surface area (Å²) in [5.41, 5.74) is 3.82. The van der Waals surface area contributed by atoms with Crippen LogP contribution >= 0.6 is 0 Å². The summed E-state index contributed by atoms with van der Waals surface area (Å²) in [6, 6.07) is 8.47. The molecular formula is C17H22N4. The number of hydrogen-bond acceptors (Lipinski definition) is 4. The van der Waals surface area contributed by atoms with Crippen LogP contribution in [0, 0.1) is 0 Å². The van der Waals surface area contributed by atoms with Gasteiger partial charge in [-0.3, -0.25) is 0 Å². The Bertz CT molecular complexity index is 613. The van der Waals surface area contributed by atoms with E-state index in [-0.39, 0.29) is 5.54 Å². The highest BCUT2D eigenvalue weighted by atomic mass is 15.3. The average molecular weight is 282 g/mol. The zero-order chi connectivity index (χ0) is 14.9. The van der Waals surface area contributed by atoms with Crippen LogP contribution in [0.4, 0.5) is 11.6 Å². The number of benzene rings is 1. The van der Waals surface area contributed by atoms with Crippen molar-refractivity contribution in [3.63, 3.8) is 0 Å². The van der Waals surface area contributed by atoms with Crippen LogP contribution in [0.2, 0.25) is 0 Å². The van der Waals surface area contributed by atoms with Crippen molar-refractivity contribution in [2.75, 3.05) is 11.4 Å². The van der Waals surface area contributed by atoms with Gasteiger partial charge in [0.05, 0.1) is 0 Å². The molecule has 0 aliphatic carbocycles. The number of fused-ring (bicyclic) bond motifs is 1. The highest BCUT2D eigenvalue weighted by molar-refractivity contribution is 5.65. The monoisotopic (exact) mass is 282 g/mol. The summed E-state index contributed by atoms with van der Waals surface area (Å²) in [7, 11) is 0. The lowest BCUT2D eigenvalue weighted by Crippen LogP contribution is -2.35. The van der Waals surface area contributed by atoms with Crippen molar-refractivity contribution in [2.45, 2.75) is 39.3 Å². The Labute approximate surface area is 126 Å². The van der Waals surface area contributed by atoms with Crippen LogP contribution in [0.1, 0.15) is 31.9 Å². The Hall–Kier alpha value is -1.94. The van der Waals surface area contributed by atoms with Crippen LogP contribution in [-0.4, -0.2) is 22.1 Å². The summed E-state index contributed by atoms with van der Waals surface area (Å²) in [5, 5.41) is 3.45. The molecule has 1 aliphatic rings. The maximum atomic E-state index is 4.54. The first-order valence-corrected chi connectivity index (χ1v) is 7.44. The molecule has 110 valence electrons. The molecule has 21 heavy (non-hydrogen) atoms. The second-order valence-electron chi connectivity index (χ2n) is 6.53. The molecule has 2 heterocycles. The third-order valence-electron chi connectivity index (χ3n) is 3.64. The molecule has 0 saturated heterocycles. The highest BCUT2D eigenvalue weighted by Crippen LogP contribution is 2.31. The first-order chi connectivity index (χ1) is 10.0. The normalized spacial score (nSPS) is 14.3. The summed E-state index contributed by atoms with van der Waals surface area (Å²) < 4.78 is 0. The van der Waals surface area contributed by atoms with Crippen LogP contribution in [0.3, 0.4) is 0 Å². The molecule has 0 bridgehead atoms. The van der Waals surface area contributed by atoms with Gasteiger partial charge in [-0.1, -0.05) is 18.2 Å². The predicted octanol–water partition coefficient (Wildman–Crippen LogP) is 3.06. The molecule has 1 aromatic heterocycles. The van der Waals surface area contributed by atoms with Crippen LogP contribution in [0.15, 0.2) is 36.7 Å². The van der Waals surface area contributed by atoms with Gasteiger partial charge in [-0.2, -0.15) is 0 Å². The smallest absolute Gasteiger partial charge is 0.229 e. The third-order valence-corrected chi connectivity index (χ3v) is 3.64. The van der Waals surface area contributed by atoms with Gasteiger partial charge < -0.3 is 10.2 Å². The number of nitrogens with zero attached hydrogens (tertiary/aromatic N) is 3. The SMILES string of the molecule is CC(C)(C)NCc1cnc(N2CCc3ccccc32)nc1.